The van der Waals surface area contributed by atoms with Gasteiger partial charge in [0.2, 0.25) is 0 Å². The first-order valence-corrected chi connectivity index (χ1v) is 6.45. The molecule has 0 aliphatic heterocycles. The van der Waals surface area contributed by atoms with Crippen molar-refractivity contribution in [1.82, 2.24) is 9.55 Å². The number of hydrogen-bond acceptors (Lipinski definition) is 4. The van der Waals surface area contributed by atoms with Crippen LogP contribution >= 0.6 is 0 Å². The van der Waals surface area contributed by atoms with Crippen LogP contribution in [0.15, 0.2) is 24.5 Å². The Morgan fingerprint density at radius 1 is 1.25 bits per heavy atom. The highest BCUT2D eigenvalue weighted by Gasteiger charge is 2.16. The van der Waals surface area contributed by atoms with Crippen molar-refractivity contribution >= 4 is 0 Å². The predicted molar refractivity (Wildman–Crippen MR) is 76.2 cm³/mol. The number of aliphatic hydroxyl groups excluding tert-OH is 1. The molecule has 1 N–H and O–H groups in total. The fraction of sp³-hybridized carbons (Fsp3) is 0.400. The van der Waals surface area contributed by atoms with Crippen molar-refractivity contribution in [3.8, 4) is 11.5 Å². The first-order valence-electron chi connectivity index (χ1n) is 6.45. The van der Waals surface area contributed by atoms with Crippen molar-refractivity contribution < 1.29 is 14.6 Å². The number of benzene rings is 1. The van der Waals surface area contributed by atoms with Crippen LogP contribution in [0.1, 0.15) is 23.1 Å². The van der Waals surface area contributed by atoms with Gasteiger partial charge in [-0.15, -0.1) is 0 Å². The van der Waals surface area contributed by atoms with Gasteiger partial charge in [0.1, 0.15) is 17.6 Å². The zero-order valence-electron chi connectivity index (χ0n) is 12.3. The molecule has 0 aliphatic carbocycles. The number of rotatable bonds is 5. The van der Waals surface area contributed by atoms with Gasteiger partial charge < -0.3 is 19.1 Å². The lowest BCUT2D eigenvalue weighted by Gasteiger charge is -2.17. The minimum atomic E-state index is -0.664. The van der Waals surface area contributed by atoms with E-state index in [1.807, 2.05) is 30.5 Å². The zero-order chi connectivity index (χ0) is 14.7. The van der Waals surface area contributed by atoms with Crippen LogP contribution in [0.4, 0.5) is 0 Å². The maximum Gasteiger partial charge on any atom is 0.128 e. The Morgan fingerprint density at radius 3 is 2.55 bits per heavy atom. The summed E-state index contributed by atoms with van der Waals surface area (Å²) in [6.45, 7) is 4.38. The Balaban J connectivity index is 2.24. The van der Waals surface area contributed by atoms with E-state index in [1.165, 1.54) is 0 Å². The summed E-state index contributed by atoms with van der Waals surface area (Å²) in [5.74, 6) is 1.32. The molecule has 20 heavy (non-hydrogen) atoms. The number of aryl methyl sites for hydroxylation is 1. The number of aliphatic hydroxyl groups is 1. The fourth-order valence-corrected chi connectivity index (χ4v) is 2.11. The van der Waals surface area contributed by atoms with Crippen molar-refractivity contribution in [2.75, 3.05) is 14.2 Å². The third kappa shape index (κ3) is 2.77. The topological polar surface area (TPSA) is 56.5 Å². The van der Waals surface area contributed by atoms with Gasteiger partial charge in [-0.2, -0.15) is 0 Å². The van der Waals surface area contributed by atoms with Gasteiger partial charge in [0.05, 0.1) is 32.8 Å². The maximum atomic E-state index is 10.4. The van der Waals surface area contributed by atoms with Crippen LogP contribution in [0.2, 0.25) is 0 Å². The fourth-order valence-electron chi connectivity index (χ4n) is 2.11. The van der Waals surface area contributed by atoms with E-state index in [0.29, 0.717) is 18.0 Å². The highest BCUT2D eigenvalue weighted by atomic mass is 16.5. The molecule has 0 saturated heterocycles. The molecule has 0 bridgehead atoms. The number of ether oxygens (including phenoxy) is 2. The summed E-state index contributed by atoms with van der Waals surface area (Å²) in [6, 6.07) is 5.40. The summed E-state index contributed by atoms with van der Waals surface area (Å²) in [5, 5.41) is 10.4. The van der Waals surface area contributed by atoms with Crippen LogP contribution in [0.5, 0.6) is 11.5 Å². The molecule has 1 unspecified atom stereocenters. The Hall–Kier alpha value is -2.01. The van der Waals surface area contributed by atoms with Crippen LogP contribution in [0.3, 0.4) is 0 Å². The largest absolute Gasteiger partial charge is 0.497 e. The molecule has 0 amide bonds. The second kappa shape index (κ2) is 5.96. The lowest BCUT2D eigenvalue weighted by molar-refractivity contribution is 0.151. The summed E-state index contributed by atoms with van der Waals surface area (Å²) in [4.78, 5) is 4.23. The summed E-state index contributed by atoms with van der Waals surface area (Å²) < 4.78 is 12.4. The minimum absolute atomic E-state index is 0.440. The van der Waals surface area contributed by atoms with Gasteiger partial charge in [-0.05, 0) is 26.0 Å². The molecule has 1 aromatic heterocycles. The Bertz CT molecular complexity index is 593. The average molecular weight is 276 g/mol. The van der Waals surface area contributed by atoms with Gasteiger partial charge in [0.25, 0.3) is 0 Å². The predicted octanol–water partition coefficient (Wildman–Crippen LogP) is 2.25. The maximum absolute atomic E-state index is 10.4. The normalized spacial score (nSPS) is 12.2. The van der Waals surface area contributed by atoms with Crippen LogP contribution in [0.25, 0.3) is 0 Å². The third-order valence-corrected chi connectivity index (χ3v) is 3.51. The van der Waals surface area contributed by atoms with E-state index in [4.69, 9.17) is 9.47 Å². The lowest BCUT2D eigenvalue weighted by atomic mass is 10.1. The molecule has 5 nitrogen and oxygen atoms in total. The van der Waals surface area contributed by atoms with Gasteiger partial charge in [-0.1, -0.05) is 0 Å². The Morgan fingerprint density at radius 2 is 2.00 bits per heavy atom. The van der Waals surface area contributed by atoms with E-state index in [2.05, 4.69) is 4.98 Å². The highest BCUT2D eigenvalue weighted by molar-refractivity contribution is 5.42. The standard InChI is InChI=1S/C15H20N2O3/c1-10-11(2)17(9-16-10)8-14(18)13-6-5-12(19-3)7-15(13)20-4/h5-7,9,14,18H,8H2,1-4H3. The first-order chi connectivity index (χ1) is 9.56. The minimum Gasteiger partial charge on any atom is -0.497 e. The molecular formula is C15H20N2O3. The van der Waals surface area contributed by atoms with Gasteiger partial charge >= 0.3 is 0 Å². The molecular weight excluding hydrogens is 256 g/mol. The molecule has 1 atom stereocenters. The summed E-state index contributed by atoms with van der Waals surface area (Å²) in [7, 11) is 3.18. The number of hydrogen-bond donors (Lipinski definition) is 1. The number of nitrogens with zero attached hydrogens (tertiary/aromatic N) is 2. The van der Waals surface area contributed by atoms with Crippen molar-refractivity contribution in [3.05, 3.63) is 41.5 Å². The van der Waals surface area contributed by atoms with Crippen molar-refractivity contribution in [2.24, 2.45) is 0 Å². The van der Waals surface area contributed by atoms with Crippen LogP contribution in [-0.4, -0.2) is 28.9 Å². The molecule has 0 radical (unpaired) electrons. The highest BCUT2D eigenvalue weighted by Crippen LogP contribution is 2.30. The molecule has 0 fully saturated rings. The molecule has 2 aromatic rings. The first kappa shape index (κ1) is 14.4. The molecule has 1 aromatic carbocycles. The smallest absolute Gasteiger partial charge is 0.128 e. The third-order valence-electron chi connectivity index (χ3n) is 3.51. The van der Waals surface area contributed by atoms with E-state index in [9.17, 15) is 5.11 Å². The average Bonchev–Trinajstić information content (AvgIpc) is 2.78. The summed E-state index contributed by atoms with van der Waals surface area (Å²) in [5.41, 5.74) is 2.76. The molecule has 0 saturated carbocycles. The van der Waals surface area contributed by atoms with E-state index < -0.39 is 6.10 Å². The Kier molecular flexibility index (Phi) is 4.29. The van der Waals surface area contributed by atoms with Gasteiger partial charge in [-0.25, -0.2) is 4.98 Å². The van der Waals surface area contributed by atoms with Crippen molar-refractivity contribution in [2.45, 2.75) is 26.5 Å². The van der Waals surface area contributed by atoms with Gasteiger partial charge in [0.15, 0.2) is 0 Å². The van der Waals surface area contributed by atoms with E-state index >= 15 is 0 Å². The van der Waals surface area contributed by atoms with E-state index in [0.717, 1.165) is 17.0 Å². The number of aromatic nitrogens is 2. The summed E-state index contributed by atoms with van der Waals surface area (Å²) >= 11 is 0. The lowest BCUT2D eigenvalue weighted by Crippen LogP contribution is -2.10. The SMILES string of the molecule is COc1ccc(C(O)Cn2cnc(C)c2C)c(OC)c1. The molecule has 1 heterocycles. The number of imidazole rings is 1. The summed E-state index contributed by atoms with van der Waals surface area (Å²) in [6.07, 6.45) is 1.08. The van der Waals surface area contributed by atoms with E-state index in [1.54, 1.807) is 26.6 Å². The second-order valence-electron chi connectivity index (χ2n) is 4.69. The Labute approximate surface area is 118 Å². The molecule has 108 valence electrons. The van der Waals surface area contributed by atoms with Crippen molar-refractivity contribution in [3.63, 3.8) is 0 Å². The van der Waals surface area contributed by atoms with Crippen LogP contribution in [0, 0.1) is 13.8 Å². The van der Waals surface area contributed by atoms with Crippen molar-refractivity contribution in [1.29, 1.82) is 0 Å². The van der Waals surface area contributed by atoms with Gasteiger partial charge in [0, 0.05) is 17.3 Å². The molecule has 0 spiro atoms. The zero-order valence-corrected chi connectivity index (χ0v) is 12.3. The molecule has 5 heteroatoms. The monoisotopic (exact) mass is 276 g/mol. The van der Waals surface area contributed by atoms with Gasteiger partial charge in [-0.3, -0.25) is 0 Å². The number of methoxy groups -OCH3 is 2. The molecule has 0 aliphatic rings. The quantitative estimate of drug-likeness (QED) is 0.910. The van der Waals surface area contributed by atoms with Crippen LogP contribution in [-0.2, 0) is 6.54 Å². The second-order valence-corrected chi connectivity index (χ2v) is 4.69. The molecule has 2 rings (SSSR count). The van der Waals surface area contributed by atoms with E-state index in [-0.39, 0.29) is 0 Å². The van der Waals surface area contributed by atoms with Crippen LogP contribution < -0.4 is 9.47 Å².